The summed E-state index contributed by atoms with van der Waals surface area (Å²) in [6.45, 7) is 7.14. The standard InChI is InChI=1S/C19H23NO/c1-19(2,3)17-12-10-16(11-13-17)18(21)20(4)14-15-8-6-5-7-9-15/h5-13H,14H2,1-4H3. The van der Waals surface area contributed by atoms with Gasteiger partial charge in [-0.05, 0) is 28.7 Å². The lowest BCUT2D eigenvalue weighted by molar-refractivity contribution is 0.0785. The van der Waals surface area contributed by atoms with Gasteiger partial charge in [0.15, 0.2) is 0 Å². The van der Waals surface area contributed by atoms with Gasteiger partial charge in [-0.3, -0.25) is 4.79 Å². The number of carbonyl (C=O) groups is 1. The predicted molar refractivity (Wildman–Crippen MR) is 87.4 cm³/mol. The van der Waals surface area contributed by atoms with Crippen molar-refractivity contribution >= 4 is 5.91 Å². The largest absolute Gasteiger partial charge is 0.337 e. The molecule has 0 saturated heterocycles. The highest BCUT2D eigenvalue weighted by Crippen LogP contribution is 2.22. The Kier molecular flexibility index (Phi) is 4.46. The lowest BCUT2D eigenvalue weighted by atomic mass is 9.86. The average Bonchev–Trinajstić information content (AvgIpc) is 2.46. The molecule has 2 nitrogen and oxygen atoms in total. The number of rotatable bonds is 3. The summed E-state index contributed by atoms with van der Waals surface area (Å²) in [5.74, 6) is 0.0549. The van der Waals surface area contributed by atoms with E-state index in [0.717, 1.165) is 11.1 Å². The number of hydrogen-bond acceptors (Lipinski definition) is 1. The van der Waals surface area contributed by atoms with Crippen molar-refractivity contribution in [3.8, 4) is 0 Å². The SMILES string of the molecule is CN(Cc1ccccc1)C(=O)c1ccc(C(C)(C)C)cc1. The monoisotopic (exact) mass is 281 g/mol. The zero-order valence-electron chi connectivity index (χ0n) is 13.3. The molecule has 1 amide bonds. The molecule has 2 aromatic rings. The van der Waals surface area contributed by atoms with E-state index in [4.69, 9.17) is 0 Å². The van der Waals surface area contributed by atoms with Gasteiger partial charge in [0.2, 0.25) is 0 Å². The molecular weight excluding hydrogens is 258 g/mol. The van der Waals surface area contributed by atoms with Crippen LogP contribution in [0.3, 0.4) is 0 Å². The van der Waals surface area contributed by atoms with Gasteiger partial charge in [0.05, 0.1) is 0 Å². The molecule has 2 heteroatoms. The Bertz CT molecular complexity index is 594. The molecule has 110 valence electrons. The minimum atomic E-state index is 0.0549. The van der Waals surface area contributed by atoms with Gasteiger partial charge in [-0.25, -0.2) is 0 Å². The van der Waals surface area contributed by atoms with E-state index < -0.39 is 0 Å². The second kappa shape index (κ2) is 6.13. The van der Waals surface area contributed by atoms with Gasteiger partial charge in [0.1, 0.15) is 0 Å². The number of hydrogen-bond donors (Lipinski definition) is 0. The van der Waals surface area contributed by atoms with Crippen molar-refractivity contribution < 1.29 is 4.79 Å². The summed E-state index contributed by atoms with van der Waals surface area (Å²) < 4.78 is 0. The van der Waals surface area contributed by atoms with Crippen molar-refractivity contribution in [1.29, 1.82) is 0 Å². The molecule has 0 fully saturated rings. The van der Waals surface area contributed by atoms with Crippen LogP contribution in [-0.4, -0.2) is 17.9 Å². The lowest BCUT2D eigenvalue weighted by Gasteiger charge is -2.20. The Balaban J connectivity index is 2.09. The molecule has 0 radical (unpaired) electrons. The fourth-order valence-corrected chi connectivity index (χ4v) is 2.26. The second-order valence-corrected chi connectivity index (χ2v) is 6.47. The first-order chi connectivity index (χ1) is 9.88. The van der Waals surface area contributed by atoms with E-state index in [0.29, 0.717) is 6.54 Å². The van der Waals surface area contributed by atoms with Crippen LogP contribution in [-0.2, 0) is 12.0 Å². The number of benzene rings is 2. The topological polar surface area (TPSA) is 20.3 Å². The van der Waals surface area contributed by atoms with Crippen LogP contribution in [0.4, 0.5) is 0 Å². The lowest BCUT2D eigenvalue weighted by Crippen LogP contribution is -2.26. The van der Waals surface area contributed by atoms with Gasteiger partial charge in [-0.15, -0.1) is 0 Å². The number of nitrogens with zero attached hydrogens (tertiary/aromatic N) is 1. The number of carbonyl (C=O) groups excluding carboxylic acids is 1. The first kappa shape index (κ1) is 15.3. The maximum Gasteiger partial charge on any atom is 0.253 e. The molecule has 0 unspecified atom stereocenters. The molecule has 0 N–H and O–H groups in total. The third-order valence-corrected chi connectivity index (χ3v) is 3.61. The molecule has 0 spiro atoms. The van der Waals surface area contributed by atoms with Crippen molar-refractivity contribution in [3.05, 3.63) is 71.3 Å². The Labute approximate surface area is 127 Å². The Hall–Kier alpha value is -2.09. The molecule has 0 aliphatic heterocycles. The van der Waals surface area contributed by atoms with Crippen molar-refractivity contribution in [2.75, 3.05) is 7.05 Å². The van der Waals surface area contributed by atoms with Crippen LogP contribution < -0.4 is 0 Å². The highest BCUT2D eigenvalue weighted by molar-refractivity contribution is 5.94. The van der Waals surface area contributed by atoms with E-state index in [2.05, 4.69) is 20.8 Å². The van der Waals surface area contributed by atoms with Crippen LogP contribution in [0.15, 0.2) is 54.6 Å². The molecule has 21 heavy (non-hydrogen) atoms. The second-order valence-electron chi connectivity index (χ2n) is 6.47. The normalized spacial score (nSPS) is 11.2. The fraction of sp³-hybridized carbons (Fsp3) is 0.316. The Morgan fingerprint density at radius 3 is 2.05 bits per heavy atom. The van der Waals surface area contributed by atoms with Crippen molar-refractivity contribution in [3.63, 3.8) is 0 Å². The van der Waals surface area contributed by atoms with Crippen LogP contribution in [0.5, 0.6) is 0 Å². The zero-order chi connectivity index (χ0) is 15.5. The predicted octanol–water partition coefficient (Wildman–Crippen LogP) is 4.26. The van der Waals surface area contributed by atoms with E-state index in [1.54, 1.807) is 4.90 Å². The molecule has 0 atom stereocenters. The highest BCUT2D eigenvalue weighted by atomic mass is 16.2. The van der Waals surface area contributed by atoms with Gasteiger partial charge in [-0.1, -0.05) is 63.2 Å². The molecule has 0 aliphatic carbocycles. The third kappa shape index (κ3) is 3.94. The molecular formula is C19H23NO. The maximum atomic E-state index is 12.4. The fourth-order valence-electron chi connectivity index (χ4n) is 2.26. The highest BCUT2D eigenvalue weighted by Gasteiger charge is 2.16. The molecule has 0 aromatic heterocycles. The molecule has 0 bridgehead atoms. The van der Waals surface area contributed by atoms with Crippen molar-refractivity contribution in [1.82, 2.24) is 4.90 Å². The Morgan fingerprint density at radius 2 is 1.52 bits per heavy atom. The summed E-state index contributed by atoms with van der Waals surface area (Å²) in [6, 6.07) is 18.0. The van der Waals surface area contributed by atoms with Crippen molar-refractivity contribution in [2.24, 2.45) is 0 Å². The van der Waals surface area contributed by atoms with Gasteiger partial charge in [0, 0.05) is 19.2 Å². The van der Waals surface area contributed by atoms with E-state index in [-0.39, 0.29) is 11.3 Å². The molecule has 2 aromatic carbocycles. The number of amides is 1. The summed E-state index contributed by atoms with van der Waals surface area (Å²) in [5.41, 5.74) is 3.23. The van der Waals surface area contributed by atoms with Crippen molar-refractivity contribution in [2.45, 2.75) is 32.7 Å². The van der Waals surface area contributed by atoms with Gasteiger partial charge in [0.25, 0.3) is 5.91 Å². The van der Waals surface area contributed by atoms with Crippen LogP contribution >= 0.6 is 0 Å². The zero-order valence-corrected chi connectivity index (χ0v) is 13.3. The van der Waals surface area contributed by atoms with Crippen LogP contribution in [0.1, 0.15) is 42.3 Å². The summed E-state index contributed by atoms with van der Waals surface area (Å²) in [6.07, 6.45) is 0. The van der Waals surface area contributed by atoms with E-state index in [9.17, 15) is 4.79 Å². The van der Waals surface area contributed by atoms with Crippen LogP contribution in [0.25, 0.3) is 0 Å². The summed E-state index contributed by atoms with van der Waals surface area (Å²) in [7, 11) is 1.84. The summed E-state index contributed by atoms with van der Waals surface area (Å²) in [4.78, 5) is 14.2. The minimum Gasteiger partial charge on any atom is -0.337 e. The summed E-state index contributed by atoms with van der Waals surface area (Å²) in [5, 5.41) is 0. The van der Waals surface area contributed by atoms with Crippen LogP contribution in [0, 0.1) is 0 Å². The van der Waals surface area contributed by atoms with E-state index in [1.807, 2.05) is 61.6 Å². The first-order valence-electron chi connectivity index (χ1n) is 7.28. The van der Waals surface area contributed by atoms with Crippen LogP contribution in [0.2, 0.25) is 0 Å². The molecule has 2 rings (SSSR count). The summed E-state index contributed by atoms with van der Waals surface area (Å²) >= 11 is 0. The quantitative estimate of drug-likeness (QED) is 0.823. The average molecular weight is 281 g/mol. The van der Waals surface area contributed by atoms with Gasteiger partial charge < -0.3 is 4.90 Å². The third-order valence-electron chi connectivity index (χ3n) is 3.61. The smallest absolute Gasteiger partial charge is 0.253 e. The maximum absolute atomic E-state index is 12.4. The molecule has 0 heterocycles. The van der Waals surface area contributed by atoms with Gasteiger partial charge in [-0.2, -0.15) is 0 Å². The minimum absolute atomic E-state index is 0.0549. The molecule has 0 aliphatic rings. The van der Waals surface area contributed by atoms with Gasteiger partial charge >= 0.3 is 0 Å². The molecule has 0 saturated carbocycles. The first-order valence-corrected chi connectivity index (χ1v) is 7.28. The van der Waals surface area contributed by atoms with E-state index in [1.165, 1.54) is 5.56 Å². The van der Waals surface area contributed by atoms with E-state index >= 15 is 0 Å². The Morgan fingerprint density at radius 1 is 0.952 bits per heavy atom.